The third-order valence-electron chi connectivity index (χ3n) is 4.89. The van der Waals surface area contributed by atoms with Crippen LogP contribution >= 0.6 is 0 Å². The van der Waals surface area contributed by atoms with Gasteiger partial charge in [0.25, 0.3) is 0 Å². The maximum Gasteiger partial charge on any atom is 0.0225 e. The van der Waals surface area contributed by atoms with Crippen LogP contribution in [-0.2, 0) is 19.9 Å². The van der Waals surface area contributed by atoms with Crippen LogP contribution in [0.2, 0.25) is 0 Å². The van der Waals surface area contributed by atoms with Gasteiger partial charge in [0.2, 0.25) is 0 Å². The minimum atomic E-state index is 1.28. The predicted molar refractivity (Wildman–Crippen MR) is 73.9 cm³/mol. The van der Waals surface area contributed by atoms with E-state index >= 15 is 0 Å². The smallest absolute Gasteiger partial charge is 0.0225 e. The van der Waals surface area contributed by atoms with E-state index in [1.54, 1.807) is 22.1 Å². The maximum absolute atomic E-state index is 2.36. The van der Waals surface area contributed by atoms with Crippen LogP contribution in [-0.4, -0.2) is 4.57 Å². The standard InChI is InChI=1S/C16H21N/c1-9-10(2)15-11(3)17(5)12(4)16(15)14-8-6-7-13(9)14/h6-8H2,1-5H3. The van der Waals surface area contributed by atoms with Crippen molar-refractivity contribution in [2.45, 2.75) is 47.0 Å². The summed E-state index contributed by atoms with van der Waals surface area (Å²) >= 11 is 0. The highest BCUT2D eigenvalue weighted by Gasteiger charge is 2.23. The van der Waals surface area contributed by atoms with Gasteiger partial charge in [-0.15, -0.1) is 0 Å². The van der Waals surface area contributed by atoms with E-state index in [0.717, 1.165) is 0 Å². The molecule has 0 saturated carbocycles. The summed E-state index contributed by atoms with van der Waals surface area (Å²) in [6.45, 7) is 9.12. The lowest BCUT2D eigenvalue weighted by Crippen LogP contribution is -1.94. The first-order chi connectivity index (χ1) is 8.04. The first-order valence-electron chi connectivity index (χ1n) is 6.60. The molecule has 0 amide bonds. The Labute approximate surface area is 103 Å². The Bertz CT molecular complexity index is 629. The van der Waals surface area contributed by atoms with Gasteiger partial charge in [0.05, 0.1) is 0 Å². The highest BCUT2D eigenvalue weighted by molar-refractivity contribution is 5.96. The number of hydrogen-bond acceptors (Lipinski definition) is 0. The molecule has 0 aliphatic heterocycles. The summed E-state index contributed by atoms with van der Waals surface area (Å²) in [7, 11) is 2.20. The Hall–Kier alpha value is -1.24. The van der Waals surface area contributed by atoms with Gasteiger partial charge >= 0.3 is 0 Å². The lowest BCUT2D eigenvalue weighted by atomic mass is 9.92. The normalized spacial score (nSPS) is 14.6. The molecule has 0 bridgehead atoms. The molecule has 0 N–H and O–H groups in total. The van der Waals surface area contributed by atoms with Gasteiger partial charge in [-0.2, -0.15) is 0 Å². The summed E-state index contributed by atoms with van der Waals surface area (Å²) < 4.78 is 2.36. The maximum atomic E-state index is 2.36. The minimum absolute atomic E-state index is 1.28. The number of benzene rings is 1. The topological polar surface area (TPSA) is 4.93 Å². The molecule has 0 radical (unpaired) electrons. The molecule has 1 heteroatoms. The number of hydrogen-bond donors (Lipinski definition) is 0. The van der Waals surface area contributed by atoms with E-state index in [0.29, 0.717) is 0 Å². The Kier molecular flexibility index (Phi) is 2.16. The van der Waals surface area contributed by atoms with E-state index in [4.69, 9.17) is 0 Å². The predicted octanol–water partition coefficient (Wildman–Crippen LogP) is 3.90. The van der Waals surface area contributed by atoms with Crippen molar-refractivity contribution in [3.8, 4) is 0 Å². The van der Waals surface area contributed by atoms with Crippen molar-refractivity contribution in [1.29, 1.82) is 0 Å². The van der Waals surface area contributed by atoms with Crippen LogP contribution in [0.25, 0.3) is 10.8 Å². The molecule has 3 rings (SSSR count). The quantitative estimate of drug-likeness (QED) is 0.643. The van der Waals surface area contributed by atoms with E-state index in [1.807, 2.05) is 0 Å². The van der Waals surface area contributed by atoms with Crippen LogP contribution in [0.4, 0.5) is 0 Å². The Morgan fingerprint density at radius 3 is 2.06 bits per heavy atom. The van der Waals surface area contributed by atoms with Crippen LogP contribution in [0.1, 0.15) is 40.1 Å². The average molecular weight is 227 g/mol. The van der Waals surface area contributed by atoms with E-state index in [9.17, 15) is 0 Å². The number of fused-ring (bicyclic) bond motifs is 3. The highest BCUT2D eigenvalue weighted by Crippen LogP contribution is 2.39. The van der Waals surface area contributed by atoms with E-state index in [2.05, 4.69) is 39.3 Å². The molecular formula is C16H21N. The monoisotopic (exact) mass is 227 g/mol. The van der Waals surface area contributed by atoms with E-state index in [-0.39, 0.29) is 0 Å². The second-order valence-electron chi connectivity index (χ2n) is 5.54. The zero-order valence-corrected chi connectivity index (χ0v) is 11.6. The fourth-order valence-corrected chi connectivity index (χ4v) is 3.62. The van der Waals surface area contributed by atoms with Crippen molar-refractivity contribution in [2.75, 3.05) is 0 Å². The minimum Gasteiger partial charge on any atom is -0.351 e. The van der Waals surface area contributed by atoms with Gasteiger partial charge in [-0.25, -0.2) is 0 Å². The Morgan fingerprint density at radius 2 is 1.35 bits per heavy atom. The number of nitrogens with zero attached hydrogens (tertiary/aromatic N) is 1. The van der Waals surface area contributed by atoms with Gasteiger partial charge in [0, 0.05) is 29.2 Å². The van der Waals surface area contributed by atoms with Crippen LogP contribution in [0, 0.1) is 27.7 Å². The molecule has 0 saturated heterocycles. The molecule has 0 spiro atoms. The molecule has 1 heterocycles. The molecular weight excluding hydrogens is 206 g/mol. The summed E-state index contributed by atoms with van der Waals surface area (Å²) in [5, 5.41) is 3.07. The summed E-state index contributed by atoms with van der Waals surface area (Å²) in [6.07, 6.45) is 3.89. The fourth-order valence-electron chi connectivity index (χ4n) is 3.62. The largest absolute Gasteiger partial charge is 0.351 e. The molecule has 2 aromatic rings. The summed E-state index contributed by atoms with van der Waals surface area (Å²) in [5.74, 6) is 0. The van der Waals surface area contributed by atoms with Crippen molar-refractivity contribution in [1.82, 2.24) is 4.57 Å². The van der Waals surface area contributed by atoms with Crippen LogP contribution < -0.4 is 0 Å². The van der Waals surface area contributed by atoms with Gasteiger partial charge in [-0.1, -0.05) is 0 Å². The zero-order chi connectivity index (χ0) is 12.3. The molecule has 90 valence electrons. The third-order valence-corrected chi connectivity index (χ3v) is 4.89. The van der Waals surface area contributed by atoms with E-state index in [1.165, 1.54) is 41.6 Å². The molecule has 17 heavy (non-hydrogen) atoms. The van der Waals surface area contributed by atoms with Gasteiger partial charge in [0.15, 0.2) is 0 Å². The van der Waals surface area contributed by atoms with Crippen molar-refractivity contribution in [3.63, 3.8) is 0 Å². The molecule has 0 fully saturated rings. The molecule has 1 aromatic heterocycles. The van der Waals surface area contributed by atoms with Crippen molar-refractivity contribution >= 4 is 10.8 Å². The second kappa shape index (κ2) is 3.38. The first kappa shape index (κ1) is 10.9. The van der Waals surface area contributed by atoms with Crippen LogP contribution in [0.5, 0.6) is 0 Å². The average Bonchev–Trinajstić information content (AvgIpc) is 2.86. The van der Waals surface area contributed by atoms with Crippen molar-refractivity contribution < 1.29 is 0 Å². The zero-order valence-electron chi connectivity index (χ0n) is 11.6. The molecule has 0 unspecified atom stereocenters. The van der Waals surface area contributed by atoms with Gasteiger partial charge in [-0.05, 0) is 69.2 Å². The van der Waals surface area contributed by atoms with E-state index < -0.39 is 0 Å². The second-order valence-corrected chi connectivity index (χ2v) is 5.54. The van der Waals surface area contributed by atoms with Crippen molar-refractivity contribution in [3.05, 3.63) is 33.6 Å². The van der Waals surface area contributed by atoms with Crippen molar-refractivity contribution in [2.24, 2.45) is 7.05 Å². The first-order valence-corrected chi connectivity index (χ1v) is 6.60. The Balaban J connectivity index is 2.60. The number of aromatic nitrogens is 1. The number of rotatable bonds is 0. The Morgan fingerprint density at radius 1 is 0.765 bits per heavy atom. The molecule has 1 aliphatic carbocycles. The van der Waals surface area contributed by atoms with Crippen LogP contribution in [0.15, 0.2) is 0 Å². The number of aryl methyl sites for hydroxylation is 4. The summed E-state index contributed by atoms with van der Waals surface area (Å²) in [5.41, 5.74) is 9.19. The molecule has 1 nitrogen and oxygen atoms in total. The lowest BCUT2D eigenvalue weighted by molar-refractivity contribution is 0.849. The molecule has 0 atom stereocenters. The molecule has 1 aliphatic rings. The fraction of sp³-hybridized carbons (Fsp3) is 0.500. The van der Waals surface area contributed by atoms with Crippen LogP contribution in [0.3, 0.4) is 0 Å². The highest BCUT2D eigenvalue weighted by atomic mass is 14.9. The van der Waals surface area contributed by atoms with Gasteiger partial charge in [0.1, 0.15) is 0 Å². The van der Waals surface area contributed by atoms with Gasteiger partial charge in [-0.3, -0.25) is 0 Å². The lowest BCUT2D eigenvalue weighted by Gasteiger charge is -2.11. The SMILES string of the molecule is Cc1c2c(c3c(C)n(C)c(C)c3c1C)CCC2. The third kappa shape index (κ3) is 1.20. The summed E-state index contributed by atoms with van der Waals surface area (Å²) in [6, 6.07) is 0. The summed E-state index contributed by atoms with van der Waals surface area (Å²) in [4.78, 5) is 0. The molecule has 1 aromatic carbocycles. The van der Waals surface area contributed by atoms with Gasteiger partial charge < -0.3 is 4.57 Å².